The van der Waals surface area contributed by atoms with Crippen LogP contribution in [0.25, 0.3) is 15.8 Å². The van der Waals surface area contributed by atoms with Crippen LogP contribution in [0.1, 0.15) is 21.6 Å². The Morgan fingerprint density at radius 3 is 2.84 bits per heavy atom. The Labute approximate surface area is 199 Å². The summed E-state index contributed by atoms with van der Waals surface area (Å²) in [7, 11) is 1.58. The Hall–Kier alpha value is -2.87. The molecule has 0 fully saturated rings. The van der Waals surface area contributed by atoms with E-state index in [0.717, 1.165) is 20.8 Å². The van der Waals surface area contributed by atoms with Crippen LogP contribution in [0.15, 0.2) is 76.5 Å². The molecule has 0 spiro atoms. The number of methoxy groups -OCH3 is 1. The molecule has 3 aromatic rings. The Morgan fingerprint density at radius 1 is 1.28 bits per heavy atom. The summed E-state index contributed by atoms with van der Waals surface area (Å²) in [6, 6.07) is 7.89. The highest BCUT2D eigenvalue weighted by molar-refractivity contribution is 7.98. The molecule has 2 heterocycles. The lowest BCUT2D eigenvalue weighted by Crippen LogP contribution is -2.15. The molecule has 1 amide bonds. The summed E-state index contributed by atoms with van der Waals surface area (Å²) in [5.41, 5.74) is 4.00. The van der Waals surface area contributed by atoms with E-state index < -0.39 is 0 Å². The van der Waals surface area contributed by atoms with Gasteiger partial charge in [-0.3, -0.25) is 15.1 Å². The van der Waals surface area contributed by atoms with Gasteiger partial charge in [0.1, 0.15) is 5.76 Å². The number of nitrogens with one attached hydrogen (secondary N) is 1. The average molecular weight is 482 g/mol. The summed E-state index contributed by atoms with van der Waals surface area (Å²) < 4.78 is 6.59. The fourth-order valence-corrected chi connectivity index (χ4v) is 4.82. The lowest BCUT2D eigenvalue weighted by atomic mass is 9.98. The van der Waals surface area contributed by atoms with Crippen molar-refractivity contribution in [3.05, 3.63) is 88.5 Å². The third kappa shape index (κ3) is 4.50. The quantitative estimate of drug-likeness (QED) is 0.417. The number of fused-ring (bicyclic) bond motifs is 1. The summed E-state index contributed by atoms with van der Waals surface area (Å²) in [4.78, 5) is 23.3. The van der Waals surface area contributed by atoms with Gasteiger partial charge in [-0.25, -0.2) is 4.98 Å². The van der Waals surface area contributed by atoms with Gasteiger partial charge in [0.15, 0.2) is 5.13 Å². The monoisotopic (exact) mass is 481 g/mol. The number of allylic oxidation sites excluding steroid dienone is 6. The van der Waals surface area contributed by atoms with Crippen LogP contribution < -0.4 is 5.32 Å². The highest BCUT2D eigenvalue weighted by Gasteiger charge is 2.20. The molecule has 4 rings (SSSR count). The van der Waals surface area contributed by atoms with Crippen molar-refractivity contribution >= 4 is 61.5 Å². The first-order chi connectivity index (χ1) is 15.4. The number of thiazole rings is 1. The van der Waals surface area contributed by atoms with Gasteiger partial charge in [0, 0.05) is 33.0 Å². The van der Waals surface area contributed by atoms with Crippen molar-refractivity contribution in [2.24, 2.45) is 0 Å². The standard InChI is InChI=1S/C24H20ClN3O2S2/c1-13-5-8-21(30-3)17(11-19(13)25)16-9-14(2)26-12-18(16)23(29)28-24-27-20-7-6-15(31-4)10-22(20)32-24/h5-12H,1H2,2-4H3,(H,27,28,29). The predicted octanol–water partition coefficient (Wildman–Crippen LogP) is 6.58. The Balaban J connectivity index is 1.75. The molecule has 1 aliphatic rings. The van der Waals surface area contributed by atoms with Crippen molar-refractivity contribution in [2.75, 3.05) is 18.7 Å². The lowest BCUT2D eigenvalue weighted by Gasteiger charge is -2.13. The molecule has 162 valence electrons. The van der Waals surface area contributed by atoms with E-state index in [9.17, 15) is 4.79 Å². The van der Waals surface area contributed by atoms with Crippen LogP contribution in [-0.2, 0) is 4.74 Å². The minimum atomic E-state index is -0.309. The first-order valence-electron chi connectivity index (χ1n) is 9.65. The van der Waals surface area contributed by atoms with Crippen molar-refractivity contribution in [3.8, 4) is 0 Å². The minimum absolute atomic E-state index is 0.309. The lowest BCUT2D eigenvalue weighted by molar-refractivity contribution is 0.102. The Bertz CT molecular complexity index is 1340. The molecule has 0 saturated heterocycles. The molecule has 0 saturated carbocycles. The second kappa shape index (κ2) is 9.32. The number of hydrogen-bond donors (Lipinski definition) is 1. The molecule has 1 N–H and O–H groups in total. The van der Waals surface area contributed by atoms with E-state index in [2.05, 4.69) is 27.9 Å². The predicted molar refractivity (Wildman–Crippen MR) is 134 cm³/mol. The molecule has 0 radical (unpaired) electrons. The normalized spacial score (nSPS) is 13.9. The maximum Gasteiger partial charge on any atom is 0.259 e. The Kier molecular flexibility index (Phi) is 6.50. The summed E-state index contributed by atoms with van der Waals surface area (Å²) in [6.45, 7) is 5.81. The first kappa shape index (κ1) is 22.3. The van der Waals surface area contributed by atoms with E-state index in [1.165, 1.54) is 11.3 Å². The van der Waals surface area contributed by atoms with Crippen molar-refractivity contribution in [1.29, 1.82) is 0 Å². The number of thioether (sulfide) groups is 1. The van der Waals surface area contributed by atoms with Crippen LogP contribution in [0.4, 0.5) is 5.13 Å². The second-order valence-electron chi connectivity index (χ2n) is 7.01. The van der Waals surface area contributed by atoms with E-state index in [1.54, 1.807) is 43.3 Å². The fraction of sp³-hybridized carbons (Fsp3) is 0.125. The van der Waals surface area contributed by atoms with Gasteiger partial charge in [0.2, 0.25) is 0 Å². The van der Waals surface area contributed by atoms with Crippen LogP contribution in [-0.4, -0.2) is 29.2 Å². The molecule has 0 bridgehead atoms. The molecule has 32 heavy (non-hydrogen) atoms. The highest BCUT2D eigenvalue weighted by Crippen LogP contribution is 2.33. The fourth-order valence-electron chi connectivity index (χ4n) is 3.24. The topological polar surface area (TPSA) is 64.1 Å². The zero-order valence-electron chi connectivity index (χ0n) is 17.7. The average Bonchev–Trinajstić information content (AvgIpc) is 3.12. The summed E-state index contributed by atoms with van der Waals surface area (Å²) in [5, 5.41) is 3.92. The number of rotatable bonds is 5. The highest BCUT2D eigenvalue weighted by atomic mass is 35.5. The molecule has 1 aromatic carbocycles. The summed E-state index contributed by atoms with van der Waals surface area (Å²) >= 11 is 9.50. The molecule has 8 heteroatoms. The van der Waals surface area contributed by atoms with E-state index >= 15 is 0 Å². The number of nitrogens with zero attached hydrogens (tertiary/aromatic N) is 2. The van der Waals surface area contributed by atoms with Gasteiger partial charge in [-0.05, 0) is 55.2 Å². The number of halogens is 1. The van der Waals surface area contributed by atoms with Crippen molar-refractivity contribution in [1.82, 2.24) is 9.97 Å². The molecule has 0 aliphatic heterocycles. The van der Waals surface area contributed by atoms with Crippen molar-refractivity contribution < 1.29 is 9.53 Å². The SMILES string of the molecule is C=C1C=CC(OC)=C(c2cc(C)ncc2C(=O)Nc2nc3ccc(SC)cc3s2)C=C1Cl. The number of carbonyl (C=O) groups is 1. The van der Waals surface area contributed by atoms with Gasteiger partial charge in [-0.2, -0.15) is 0 Å². The third-order valence-electron chi connectivity index (χ3n) is 4.89. The van der Waals surface area contributed by atoms with Crippen LogP contribution in [0.2, 0.25) is 0 Å². The van der Waals surface area contributed by atoms with Crippen molar-refractivity contribution in [2.45, 2.75) is 11.8 Å². The van der Waals surface area contributed by atoms with E-state index in [-0.39, 0.29) is 5.91 Å². The maximum absolute atomic E-state index is 13.3. The largest absolute Gasteiger partial charge is 0.496 e. The summed E-state index contributed by atoms with van der Waals surface area (Å²) in [5.74, 6) is 0.266. The molecule has 2 aromatic heterocycles. The number of pyridine rings is 1. The summed E-state index contributed by atoms with van der Waals surface area (Å²) in [6.07, 6.45) is 8.92. The molecule has 5 nitrogen and oxygen atoms in total. The van der Waals surface area contributed by atoms with E-state index in [1.807, 2.05) is 31.4 Å². The van der Waals surface area contributed by atoms with Gasteiger partial charge in [-0.15, -0.1) is 11.8 Å². The van der Waals surface area contributed by atoms with Crippen LogP contribution >= 0.6 is 34.7 Å². The third-order valence-corrected chi connectivity index (χ3v) is 6.90. The number of carbonyl (C=O) groups excluding carboxylic acids is 1. The van der Waals surface area contributed by atoms with Crippen LogP contribution in [0.5, 0.6) is 0 Å². The van der Waals surface area contributed by atoms with Crippen LogP contribution in [0.3, 0.4) is 0 Å². The van der Waals surface area contributed by atoms with Gasteiger partial charge >= 0.3 is 0 Å². The molecule has 1 aliphatic carbocycles. The smallest absolute Gasteiger partial charge is 0.259 e. The number of aromatic nitrogens is 2. The number of anilines is 1. The maximum atomic E-state index is 13.3. The zero-order valence-corrected chi connectivity index (χ0v) is 20.1. The zero-order chi connectivity index (χ0) is 22.8. The Morgan fingerprint density at radius 2 is 2.09 bits per heavy atom. The molecule has 0 atom stereocenters. The van der Waals surface area contributed by atoms with Crippen molar-refractivity contribution in [3.63, 3.8) is 0 Å². The first-order valence-corrected chi connectivity index (χ1v) is 12.1. The number of ether oxygens (including phenoxy) is 1. The van der Waals surface area contributed by atoms with Gasteiger partial charge in [0.25, 0.3) is 5.91 Å². The van der Waals surface area contributed by atoms with Gasteiger partial charge < -0.3 is 4.74 Å². The molecule has 0 unspecified atom stereocenters. The molecular weight excluding hydrogens is 462 g/mol. The van der Waals surface area contributed by atoms with E-state index in [0.29, 0.717) is 38.2 Å². The number of benzene rings is 1. The van der Waals surface area contributed by atoms with E-state index in [4.69, 9.17) is 16.3 Å². The van der Waals surface area contributed by atoms with Crippen LogP contribution in [0, 0.1) is 6.92 Å². The number of aryl methyl sites for hydroxylation is 1. The second-order valence-corrected chi connectivity index (χ2v) is 9.33. The molecular formula is C24H20ClN3O2S2. The van der Waals surface area contributed by atoms with Gasteiger partial charge in [-0.1, -0.05) is 35.6 Å². The van der Waals surface area contributed by atoms with Gasteiger partial charge in [0.05, 0.1) is 22.9 Å². The number of amides is 1. The minimum Gasteiger partial charge on any atom is -0.496 e. The number of hydrogen-bond acceptors (Lipinski definition) is 6.